The standard InChI is InChI=1S/C17H22N.BrH/c1-15(2)18(3,17-12-8-5-9-13-17)14-16-10-6-4-7-11-16;/h4-13,15H,14H2,1-3H3;1H/q+1;/p-1/t18-;/m1./s1. The summed E-state index contributed by atoms with van der Waals surface area (Å²) in [5.41, 5.74) is 2.76. The van der Waals surface area contributed by atoms with Crippen molar-refractivity contribution in [1.82, 2.24) is 4.48 Å². The van der Waals surface area contributed by atoms with E-state index in [9.17, 15) is 0 Å². The van der Waals surface area contributed by atoms with E-state index in [-0.39, 0.29) is 17.0 Å². The first-order valence-corrected chi connectivity index (χ1v) is 6.57. The van der Waals surface area contributed by atoms with E-state index < -0.39 is 0 Å². The van der Waals surface area contributed by atoms with Gasteiger partial charge in [0.25, 0.3) is 0 Å². The summed E-state index contributed by atoms with van der Waals surface area (Å²) < 4.78 is 0.935. The molecule has 0 radical (unpaired) electrons. The quantitative estimate of drug-likeness (QED) is 0.744. The number of rotatable bonds is 4. The van der Waals surface area contributed by atoms with Crippen LogP contribution in [-0.4, -0.2) is 13.1 Å². The Labute approximate surface area is 127 Å². The van der Waals surface area contributed by atoms with Crippen LogP contribution in [0.15, 0.2) is 60.7 Å². The third-order valence-corrected chi connectivity index (χ3v) is 3.84. The molecule has 0 aliphatic rings. The second kappa shape index (κ2) is 6.88. The number of hydrogen-bond acceptors (Lipinski definition) is 0. The lowest BCUT2D eigenvalue weighted by atomic mass is 10.1. The number of para-hydroxylation sites is 1. The van der Waals surface area contributed by atoms with Gasteiger partial charge >= 0.3 is 0 Å². The molecule has 0 amide bonds. The zero-order valence-electron chi connectivity index (χ0n) is 11.9. The Morgan fingerprint density at radius 1 is 0.842 bits per heavy atom. The van der Waals surface area contributed by atoms with Crippen LogP contribution < -0.4 is 21.5 Å². The molecule has 2 heteroatoms. The molecule has 102 valence electrons. The minimum Gasteiger partial charge on any atom is -1.00 e. The molecule has 2 rings (SSSR count). The van der Waals surface area contributed by atoms with E-state index in [2.05, 4.69) is 81.6 Å². The highest BCUT2D eigenvalue weighted by Gasteiger charge is 2.28. The number of hydrogen-bond donors (Lipinski definition) is 0. The zero-order valence-corrected chi connectivity index (χ0v) is 13.5. The monoisotopic (exact) mass is 319 g/mol. The lowest BCUT2D eigenvalue weighted by Crippen LogP contribution is -3.00. The Bertz CT molecular complexity index is 481. The SMILES string of the molecule is CC(C)[N@@+](C)(Cc1ccccc1)c1ccccc1.[Br-]. The normalized spacial score (nSPS) is 13.7. The molecule has 0 saturated heterocycles. The van der Waals surface area contributed by atoms with Crippen LogP contribution in [0.3, 0.4) is 0 Å². The van der Waals surface area contributed by atoms with Crippen LogP contribution in [0, 0.1) is 0 Å². The van der Waals surface area contributed by atoms with E-state index in [4.69, 9.17) is 0 Å². The predicted octanol–water partition coefficient (Wildman–Crippen LogP) is 1.24. The van der Waals surface area contributed by atoms with Gasteiger partial charge in [-0.1, -0.05) is 48.5 Å². The highest BCUT2D eigenvalue weighted by molar-refractivity contribution is 5.43. The third-order valence-electron chi connectivity index (χ3n) is 3.84. The van der Waals surface area contributed by atoms with E-state index in [1.807, 2.05) is 0 Å². The molecule has 0 aromatic heterocycles. The summed E-state index contributed by atoms with van der Waals surface area (Å²) in [6, 6.07) is 22.1. The molecule has 0 fully saturated rings. The zero-order chi connectivity index (χ0) is 13.0. The Hall–Kier alpha value is -1.12. The van der Waals surface area contributed by atoms with Crippen LogP contribution in [0.1, 0.15) is 19.4 Å². The van der Waals surface area contributed by atoms with E-state index in [1.165, 1.54) is 11.3 Å². The van der Waals surface area contributed by atoms with Crippen molar-refractivity contribution >= 4 is 5.69 Å². The van der Waals surface area contributed by atoms with Gasteiger partial charge in [-0.05, 0) is 26.0 Å². The average Bonchev–Trinajstić information content (AvgIpc) is 2.40. The Morgan fingerprint density at radius 2 is 1.32 bits per heavy atom. The van der Waals surface area contributed by atoms with Gasteiger partial charge in [-0.2, -0.15) is 0 Å². The second-order valence-electron chi connectivity index (χ2n) is 5.34. The van der Waals surface area contributed by atoms with Crippen LogP contribution in [-0.2, 0) is 6.54 Å². The molecule has 2 aromatic rings. The van der Waals surface area contributed by atoms with Crippen LogP contribution >= 0.6 is 0 Å². The Morgan fingerprint density at radius 3 is 1.79 bits per heavy atom. The van der Waals surface area contributed by atoms with Gasteiger partial charge in [0.2, 0.25) is 0 Å². The minimum atomic E-state index is 0. The molecule has 0 bridgehead atoms. The molecule has 0 aliphatic heterocycles. The molecule has 0 unspecified atom stereocenters. The summed E-state index contributed by atoms with van der Waals surface area (Å²) in [4.78, 5) is 0. The largest absolute Gasteiger partial charge is 1.00 e. The van der Waals surface area contributed by atoms with Crippen molar-refractivity contribution < 1.29 is 17.0 Å². The van der Waals surface area contributed by atoms with Crippen LogP contribution in [0.2, 0.25) is 0 Å². The van der Waals surface area contributed by atoms with Crippen LogP contribution in [0.4, 0.5) is 5.69 Å². The smallest absolute Gasteiger partial charge is 0.133 e. The fourth-order valence-corrected chi connectivity index (χ4v) is 2.30. The average molecular weight is 320 g/mol. The van der Waals surface area contributed by atoms with Crippen molar-refractivity contribution in [2.24, 2.45) is 0 Å². The fourth-order valence-electron chi connectivity index (χ4n) is 2.30. The van der Waals surface area contributed by atoms with Gasteiger partial charge in [0, 0.05) is 5.56 Å². The van der Waals surface area contributed by atoms with E-state index in [1.54, 1.807) is 0 Å². The molecule has 0 spiro atoms. The van der Waals surface area contributed by atoms with Crippen molar-refractivity contribution in [3.8, 4) is 0 Å². The molecule has 0 aliphatic carbocycles. The molecule has 1 nitrogen and oxygen atoms in total. The topological polar surface area (TPSA) is 0 Å². The summed E-state index contributed by atoms with van der Waals surface area (Å²) in [5, 5.41) is 0. The first-order chi connectivity index (χ1) is 8.63. The van der Waals surface area contributed by atoms with Crippen molar-refractivity contribution in [3.05, 3.63) is 66.2 Å². The van der Waals surface area contributed by atoms with Crippen molar-refractivity contribution in [3.63, 3.8) is 0 Å². The van der Waals surface area contributed by atoms with Gasteiger partial charge in [-0.25, -0.2) is 0 Å². The third kappa shape index (κ3) is 3.68. The number of halogens is 1. The summed E-state index contributed by atoms with van der Waals surface area (Å²) in [6.45, 7) is 5.61. The maximum absolute atomic E-state index is 2.31. The van der Waals surface area contributed by atoms with E-state index in [0.717, 1.165) is 11.0 Å². The highest BCUT2D eigenvalue weighted by atomic mass is 79.9. The Balaban J connectivity index is 0.00000180. The highest BCUT2D eigenvalue weighted by Crippen LogP contribution is 2.26. The predicted molar refractivity (Wildman–Crippen MR) is 79.4 cm³/mol. The van der Waals surface area contributed by atoms with Gasteiger partial charge in [0.1, 0.15) is 12.2 Å². The number of quaternary nitrogens is 1. The van der Waals surface area contributed by atoms with Crippen molar-refractivity contribution in [2.45, 2.75) is 26.4 Å². The van der Waals surface area contributed by atoms with Gasteiger partial charge in [-0.3, -0.25) is 4.48 Å². The number of nitrogens with zero attached hydrogens (tertiary/aromatic N) is 1. The molecule has 0 heterocycles. The molecule has 2 aromatic carbocycles. The molecule has 1 atom stereocenters. The molecule has 0 saturated carbocycles. The van der Waals surface area contributed by atoms with Gasteiger partial charge in [0.05, 0.1) is 13.1 Å². The lowest BCUT2D eigenvalue weighted by Gasteiger charge is -2.38. The van der Waals surface area contributed by atoms with Gasteiger partial charge in [0.15, 0.2) is 0 Å². The summed E-state index contributed by atoms with van der Waals surface area (Å²) in [5.74, 6) is 0. The Kier molecular flexibility index (Phi) is 5.77. The maximum Gasteiger partial charge on any atom is 0.133 e. The van der Waals surface area contributed by atoms with Crippen LogP contribution in [0.25, 0.3) is 0 Å². The summed E-state index contributed by atoms with van der Waals surface area (Å²) in [6.07, 6.45) is 0. The lowest BCUT2D eigenvalue weighted by molar-refractivity contribution is -0.00000385. The molecule has 19 heavy (non-hydrogen) atoms. The van der Waals surface area contributed by atoms with Crippen molar-refractivity contribution in [2.75, 3.05) is 7.05 Å². The first kappa shape index (κ1) is 15.9. The van der Waals surface area contributed by atoms with Crippen molar-refractivity contribution in [1.29, 1.82) is 0 Å². The molecule has 0 N–H and O–H groups in total. The molecular weight excluding hydrogens is 298 g/mol. The second-order valence-corrected chi connectivity index (χ2v) is 5.34. The minimum absolute atomic E-state index is 0. The van der Waals surface area contributed by atoms with E-state index in [0.29, 0.717) is 6.04 Å². The first-order valence-electron chi connectivity index (χ1n) is 6.57. The summed E-state index contributed by atoms with van der Waals surface area (Å²) in [7, 11) is 2.31. The molecular formula is C17H22BrN. The van der Waals surface area contributed by atoms with Crippen LogP contribution in [0.5, 0.6) is 0 Å². The van der Waals surface area contributed by atoms with Gasteiger partial charge < -0.3 is 17.0 Å². The summed E-state index contributed by atoms with van der Waals surface area (Å²) >= 11 is 0. The fraction of sp³-hybridized carbons (Fsp3) is 0.294. The maximum atomic E-state index is 2.31. The number of benzene rings is 2. The van der Waals surface area contributed by atoms with E-state index >= 15 is 0 Å². The van der Waals surface area contributed by atoms with Gasteiger partial charge in [-0.15, -0.1) is 0 Å².